The second kappa shape index (κ2) is 3.09. The van der Waals surface area contributed by atoms with Crippen LogP contribution in [-0.2, 0) is 18.5 Å². The highest BCUT2D eigenvalue weighted by atomic mass is 15.3. The van der Waals surface area contributed by atoms with Gasteiger partial charge in [-0.25, -0.2) is 0 Å². The normalized spacial score (nSPS) is 16.9. The molecule has 1 aliphatic heterocycles. The van der Waals surface area contributed by atoms with Crippen molar-refractivity contribution in [3.05, 3.63) is 17.0 Å². The zero-order valence-corrected chi connectivity index (χ0v) is 9.52. The van der Waals surface area contributed by atoms with Gasteiger partial charge in [0.05, 0.1) is 11.2 Å². The minimum atomic E-state index is 0.107. The van der Waals surface area contributed by atoms with Crippen LogP contribution < -0.4 is 5.32 Å². The molecule has 3 heteroatoms. The van der Waals surface area contributed by atoms with Crippen molar-refractivity contribution >= 4 is 0 Å². The molecule has 1 aliphatic rings. The molecule has 0 unspecified atom stereocenters. The maximum absolute atomic E-state index is 4.64. The molecule has 0 fully saturated rings. The summed E-state index contributed by atoms with van der Waals surface area (Å²) >= 11 is 0. The van der Waals surface area contributed by atoms with Crippen LogP contribution in [0.15, 0.2) is 0 Å². The molecule has 0 radical (unpaired) electrons. The molecular weight excluding hydrogens is 174 g/mol. The van der Waals surface area contributed by atoms with Gasteiger partial charge in [0.2, 0.25) is 0 Å². The standard InChI is InChI=1S/C11H19N3/c1-8-9-7-12-6-5-10(9)14(13-8)11(2,3)4/h12H,5-7H2,1-4H3. The molecule has 1 aromatic rings. The molecule has 0 amide bonds. The van der Waals surface area contributed by atoms with Crippen LogP contribution in [0.5, 0.6) is 0 Å². The molecule has 2 heterocycles. The fraction of sp³-hybridized carbons (Fsp3) is 0.727. The average molecular weight is 193 g/mol. The third kappa shape index (κ3) is 1.46. The molecule has 0 atom stereocenters. The Labute approximate surface area is 85.5 Å². The van der Waals surface area contributed by atoms with E-state index in [1.165, 1.54) is 17.0 Å². The predicted molar refractivity (Wildman–Crippen MR) is 57.4 cm³/mol. The second-order valence-electron chi connectivity index (χ2n) is 5.02. The quantitative estimate of drug-likeness (QED) is 0.678. The van der Waals surface area contributed by atoms with Crippen LogP contribution in [0.2, 0.25) is 0 Å². The van der Waals surface area contributed by atoms with E-state index in [-0.39, 0.29) is 5.54 Å². The Kier molecular flexibility index (Phi) is 2.14. The molecular formula is C11H19N3. The topological polar surface area (TPSA) is 29.9 Å². The predicted octanol–water partition coefficient (Wildman–Crippen LogP) is 1.59. The van der Waals surface area contributed by atoms with Crippen molar-refractivity contribution in [2.45, 2.75) is 46.2 Å². The summed E-state index contributed by atoms with van der Waals surface area (Å²) < 4.78 is 2.19. The van der Waals surface area contributed by atoms with Crippen LogP contribution in [0, 0.1) is 6.92 Å². The lowest BCUT2D eigenvalue weighted by Gasteiger charge is -2.24. The molecule has 1 aromatic heterocycles. The van der Waals surface area contributed by atoms with Gasteiger partial charge >= 0.3 is 0 Å². The number of rotatable bonds is 0. The minimum absolute atomic E-state index is 0.107. The summed E-state index contributed by atoms with van der Waals surface area (Å²) in [4.78, 5) is 0. The van der Waals surface area contributed by atoms with E-state index >= 15 is 0 Å². The lowest BCUT2D eigenvalue weighted by atomic mass is 10.0. The van der Waals surface area contributed by atoms with Crippen molar-refractivity contribution < 1.29 is 0 Å². The number of hydrogen-bond donors (Lipinski definition) is 1. The monoisotopic (exact) mass is 193 g/mol. The summed E-state index contributed by atoms with van der Waals surface area (Å²) in [5, 5.41) is 8.03. The lowest BCUT2D eigenvalue weighted by molar-refractivity contribution is 0.339. The summed E-state index contributed by atoms with van der Waals surface area (Å²) in [5.74, 6) is 0. The summed E-state index contributed by atoms with van der Waals surface area (Å²) in [6.45, 7) is 10.8. The van der Waals surface area contributed by atoms with Gasteiger partial charge in [0.25, 0.3) is 0 Å². The van der Waals surface area contributed by atoms with Gasteiger partial charge in [0.15, 0.2) is 0 Å². The van der Waals surface area contributed by atoms with Gasteiger partial charge in [-0.2, -0.15) is 5.10 Å². The smallest absolute Gasteiger partial charge is 0.0641 e. The zero-order chi connectivity index (χ0) is 10.3. The van der Waals surface area contributed by atoms with E-state index in [0.717, 1.165) is 19.5 Å². The second-order valence-corrected chi connectivity index (χ2v) is 5.02. The van der Waals surface area contributed by atoms with Crippen molar-refractivity contribution in [1.29, 1.82) is 0 Å². The van der Waals surface area contributed by atoms with Gasteiger partial charge in [-0.1, -0.05) is 0 Å². The van der Waals surface area contributed by atoms with Crippen molar-refractivity contribution in [3.8, 4) is 0 Å². The molecule has 0 bridgehead atoms. The number of fused-ring (bicyclic) bond motifs is 1. The van der Waals surface area contributed by atoms with E-state index in [1.807, 2.05) is 0 Å². The van der Waals surface area contributed by atoms with Crippen LogP contribution in [0.25, 0.3) is 0 Å². The van der Waals surface area contributed by atoms with Crippen molar-refractivity contribution in [3.63, 3.8) is 0 Å². The first-order valence-corrected chi connectivity index (χ1v) is 5.29. The Bertz CT molecular complexity index is 344. The van der Waals surface area contributed by atoms with E-state index < -0.39 is 0 Å². The first kappa shape index (κ1) is 9.71. The van der Waals surface area contributed by atoms with Crippen LogP contribution >= 0.6 is 0 Å². The molecule has 0 saturated carbocycles. The third-order valence-corrected chi connectivity index (χ3v) is 2.77. The maximum atomic E-state index is 4.64. The van der Waals surface area contributed by atoms with Crippen LogP contribution in [0.1, 0.15) is 37.7 Å². The largest absolute Gasteiger partial charge is 0.312 e. The van der Waals surface area contributed by atoms with Gasteiger partial charge < -0.3 is 5.32 Å². The summed E-state index contributed by atoms with van der Waals surface area (Å²) in [5.41, 5.74) is 4.12. The number of nitrogens with one attached hydrogen (secondary N) is 1. The Balaban J connectivity index is 2.52. The van der Waals surface area contributed by atoms with E-state index in [2.05, 4.69) is 42.8 Å². The van der Waals surface area contributed by atoms with E-state index in [4.69, 9.17) is 0 Å². The summed E-state index contributed by atoms with van der Waals surface area (Å²) in [6, 6.07) is 0. The molecule has 0 aliphatic carbocycles. The number of aromatic nitrogens is 2. The van der Waals surface area contributed by atoms with Gasteiger partial charge in [-0.3, -0.25) is 4.68 Å². The van der Waals surface area contributed by atoms with Crippen molar-refractivity contribution in [2.75, 3.05) is 6.54 Å². The van der Waals surface area contributed by atoms with Crippen LogP contribution in [0.4, 0.5) is 0 Å². The average Bonchev–Trinajstić information content (AvgIpc) is 2.44. The van der Waals surface area contributed by atoms with Gasteiger partial charge in [-0.05, 0) is 27.7 Å². The van der Waals surface area contributed by atoms with E-state index in [1.54, 1.807) is 0 Å². The highest BCUT2D eigenvalue weighted by Gasteiger charge is 2.24. The first-order chi connectivity index (χ1) is 6.50. The van der Waals surface area contributed by atoms with E-state index in [9.17, 15) is 0 Å². The van der Waals surface area contributed by atoms with Gasteiger partial charge in [0.1, 0.15) is 0 Å². The molecule has 2 rings (SSSR count). The van der Waals surface area contributed by atoms with Crippen LogP contribution in [-0.4, -0.2) is 16.3 Å². The lowest BCUT2D eigenvalue weighted by Crippen LogP contribution is -2.30. The Morgan fingerprint density at radius 1 is 1.36 bits per heavy atom. The third-order valence-electron chi connectivity index (χ3n) is 2.77. The van der Waals surface area contributed by atoms with E-state index in [0.29, 0.717) is 0 Å². The number of hydrogen-bond acceptors (Lipinski definition) is 2. The molecule has 78 valence electrons. The molecule has 0 aromatic carbocycles. The van der Waals surface area contributed by atoms with Crippen molar-refractivity contribution in [1.82, 2.24) is 15.1 Å². The number of nitrogens with zero attached hydrogens (tertiary/aromatic N) is 2. The fourth-order valence-corrected chi connectivity index (χ4v) is 2.07. The minimum Gasteiger partial charge on any atom is -0.312 e. The Morgan fingerprint density at radius 3 is 2.71 bits per heavy atom. The fourth-order valence-electron chi connectivity index (χ4n) is 2.07. The molecule has 0 saturated heterocycles. The first-order valence-electron chi connectivity index (χ1n) is 5.29. The molecule has 14 heavy (non-hydrogen) atoms. The highest BCUT2D eigenvalue weighted by molar-refractivity contribution is 5.28. The maximum Gasteiger partial charge on any atom is 0.0641 e. The zero-order valence-electron chi connectivity index (χ0n) is 9.52. The Hall–Kier alpha value is -0.830. The molecule has 0 spiro atoms. The Morgan fingerprint density at radius 2 is 2.07 bits per heavy atom. The van der Waals surface area contributed by atoms with Crippen LogP contribution in [0.3, 0.4) is 0 Å². The highest BCUT2D eigenvalue weighted by Crippen LogP contribution is 2.23. The molecule has 3 nitrogen and oxygen atoms in total. The summed E-state index contributed by atoms with van der Waals surface area (Å²) in [7, 11) is 0. The van der Waals surface area contributed by atoms with Crippen molar-refractivity contribution in [2.24, 2.45) is 0 Å². The van der Waals surface area contributed by atoms with Gasteiger partial charge in [-0.15, -0.1) is 0 Å². The molecule has 1 N–H and O–H groups in total. The SMILES string of the molecule is Cc1nn(C(C)(C)C)c2c1CNCC2. The summed E-state index contributed by atoms with van der Waals surface area (Å²) in [6.07, 6.45) is 1.10. The van der Waals surface area contributed by atoms with Gasteiger partial charge in [0, 0.05) is 30.8 Å². The number of aryl methyl sites for hydroxylation is 1.